The fraction of sp³-hybridized carbons (Fsp3) is 0.462. The van der Waals surface area contributed by atoms with Gasteiger partial charge in [0, 0.05) is 19.5 Å². The van der Waals surface area contributed by atoms with Gasteiger partial charge in [0.1, 0.15) is 0 Å². The number of hydrogen-bond acceptors (Lipinski definition) is 8. The Morgan fingerprint density at radius 1 is 1.39 bits per heavy atom. The molecule has 0 spiro atoms. The van der Waals surface area contributed by atoms with E-state index in [1.54, 1.807) is 25.4 Å². The number of nitrogens with zero attached hydrogens (tertiary/aromatic N) is 4. The summed E-state index contributed by atoms with van der Waals surface area (Å²) < 4.78 is 5.46. The van der Waals surface area contributed by atoms with Gasteiger partial charge in [-0.25, -0.2) is 4.98 Å². The van der Waals surface area contributed by atoms with E-state index in [1.165, 1.54) is 4.90 Å². The van der Waals surface area contributed by atoms with Gasteiger partial charge in [-0.1, -0.05) is 11.8 Å². The average molecular weight is 355 g/mol. The summed E-state index contributed by atoms with van der Waals surface area (Å²) in [6, 6.07) is 0. The van der Waals surface area contributed by atoms with Gasteiger partial charge in [-0.15, -0.1) is 21.5 Å². The van der Waals surface area contributed by atoms with Crippen LogP contribution in [0.25, 0.3) is 0 Å². The highest BCUT2D eigenvalue weighted by Gasteiger charge is 2.12. The quantitative estimate of drug-likeness (QED) is 0.730. The van der Waals surface area contributed by atoms with Gasteiger partial charge in [0.15, 0.2) is 0 Å². The molecule has 0 fully saturated rings. The van der Waals surface area contributed by atoms with Crippen LogP contribution in [0.4, 0.5) is 0 Å². The summed E-state index contributed by atoms with van der Waals surface area (Å²) in [5, 5.41) is 13.6. The maximum atomic E-state index is 11.6. The Morgan fingerprint density at radius 3 is 2.83 bits per heavy atom. The minimum atomic E-state index is -0.264. The largest absolute Gasteiger partial charge is 0.416 e. The molecule has 0 bridgehead atoms. The van der Waals surface area contributed by atoms with Crippen molar-refractivity contribution in [1.29, 1.82) is 0 Å². The molecule has 0 atom stereocenters. The third kappa shape index (κ3) is 5.64. The van der Waals surface area contributed by atoms with Crippen LogP contribution in [0.2, 0.25) is 0 Å². The van der Waals surface area contributed by atoms with Gasteiger partial charge in [0.25, 0.3) is 5.22 Å². The number of aryl methyl sites for hydroxylation is 1. The summed E-state index contributed by atoms with van der Waals surface area (Å²) in [4.78, 5) is 28.7. The van der Waals surface area contributed by atoms with Crippen LogP contribution in [0.5, 0.6) is 0 Å². The summed E-state index contributed by atoms with van der Waals surface area (Å²) in [5.74, 6) is 0.140. The summed E-state index contributed by atoms with van der Waals surface area (Å²) in [6.07, 6.45) is 0.474. The zero-order valence-electron chi connectivity index (χ0n) is 13.0. The first-order chi connectivity index (χ1) is 10.9. The smallest absolute Gasteiger partial charge is 0.277 e. The molecule has 0 aliphatic heterocycles. The van der Waals surface area contributed by atoms with Crippen molar-refractivity contribution in [2.45, 2.75) is 18.6 Å². The molecule has 2 aromatic heterocycles. The number of carbonyl (C=O) groups excluding carboxylic acids is 2. The molecule has 2 amide bonds. The lowest BCUT2D eigenvalue weighted by Crippen LogP contribution is -2.36. The third-order valence-electron chi connectivity index (χ3n) is 2.71. The topological polar surface area (TPSA) is 101 Å². The van der Waals surface area contributed by atoms with E-state index in [9.17, 15) is 9.59 Å². The van der Waals surface area contributed by atoms with E-state index in [1.807, 2.05) is 12.3 Å². The van der Waals surface area contributed by atoms with Crippen LogP contribution in [-0.2, 0) is 16.0 Å². The molecular formula is C13H17N5O3S2. The lowest BCUT2D eigenvalue weighted by molar-refractivity contribution is -0.130. The van der Waals surface area contributed by atoms with Crippen molar-refractivity contribution < 1.29 is 14.0 Å². The van der Waals surface area contributed by atoms with Gasteiger partial charge < -0.3 is 14.6 Å². The number of hydrogen-bond donors (Lipinski definition) is 1. The summed E-state index contributed by atoms with van der Waals surface area (Å²) in [5.41, 5.74) is 0.882. The first kappa shape index (κ1) is 17.4. The van der Waals surface area contributed by atoms with E-state index in [2.05, 4.69) is 20.5 Å². The molecule has 10 heteroatoms. The van der Waals surface area contributed by atoms with E-state index >= 15 is 0 Å². The molecular weight excluding hydrogens is 338 g/mol. The van der Waals surface area contributed by atoms with Crippen molar-refractivity contribution in [2.75, 3.05) is 26.4 Å². The molecule has 0 saturated heterocycles. The predicted molar refractivity (Wildman–Crippen MR) is 86.4 cm³/mol. The van der Waals surface area contributed by atoms with Crippen molar-refractivity contribution >= 4 is 34.9 Å². The number of thioether (sulfide) groups is 1. The summed E-state index contributed by atoms with van der Waals surface area (Å²) >= 11 is 2.69. The first-order valence-corrected chi connectivity index (χ1v) is 8.63. The normalized spacial score (nSPS) is 10.6. The third-order valence-corrected chi connectivity index (χ3v) is 4.35. The van der Waals surface area contributed by atoms with Crippen LogP contribution >= 0.6 is 23.1 Å². The van der Waals surface area contributed by atoms with E-state index in [0.29, 0.717) is 17.5 Å². The van der Waals surface area contributed by atoms with E-state index in [0.717, 1.165) is 22.5 Å². The van der Waals surface area contributed by atoms with Crippen molar-refractivity contribution in [2.24, 2.45) is 0 Å². The molecule has 0 aromatic carbocycles. The van der Waals surface area contributed by atoms with Crippen LogP contribution in [0.1, 0.15) is 16.6 Å². The Morgan fingerprint density at radius 2 is 2.17 bits per heavy atom. The van der Waals surface area contributed by atoms with Gasteiger partial charge in [0.2, 0.25) is 17.7 Å². The minimum Gasteiger partial charge on any atom is -0.416 e. The molecule has 23 heavy (non-hydrogen) atoms. The van der Waals surface area contributed by atoms with Gasteiger partial charge in [-0.05, 0) is 6.92 Å². The van der Waals surface area contributed by atoms with E-state index in [-0.39, 0.29) is 24.1 Å². The highest BCUT2D eigenvalue weighted by molar-refractivity contribution is 7.99. The van der Waals surface area contributed by atoms with Crippen LogP contribution in [0.15, 0.2) is 15.0 Å². The Labute approximate surface area is 141 Å². The van der Waals surface area contributed by atoms with Gasteiger partial charge in [-0.2, -0.15) is 0 Å². The predicted octanol–water partition coefficient (Wildman–Crippen LogP) is 0.722. The molecule has 0 aliphatic carbocycles. The summed E-state index contributed by atoms with van der Waals surface area (Å²) in [7, 11) is 3.26. The van der Waals surface area contributed by atoms with Crippen LogP contribution in [0, 0.1) is 6.92 Å². The number of aromatic nitrogens is 3. The van der Waals surface area contributed by atoms with Crippen molar-refractivity contribution in [3.63, 3.8) is 0 Å². The van der Waals surface area contributed by atoms with Gasteiger partial charge >= 0.3 is 0 Å². The second-order valence-corrected chi connectivity index (χ2v) is 6.84. The number of nitrogens with one attached hydrogen (secondary N) is 1. The Hall–Kier alpha value is -1.94. The van der Waals surface area contributed by atoms with Gasteiger partial charge in [0.05, 0.1) is 29.4 Å². The Balaban J connectivity index is 1.76. The molecule has 2 heterocycles. The monoisotopic (exact) mass is 355 g/mol. The highest BCUT2D eigenvalue weighted by Crippen LogP contribution is 2.18. The molecule has 2 rings (SSSR count). The van der Waals surface area contributed by atoms with Crippen LogP contribution in [-0.4, -0.2) is 58.3 Å². The first-order valence-electron chi connectivity index (χ1n) is 6.77. The molecule has 2 aromatic rings. The van der Waals surface area contributed by atoms with Crippen molar-refractivity contribution in [3.8, 4) is 0 Å². The maximum absolute atomic E-state index is 11.6. The lowest BCUT2D eigenvalue weighted by Gasteiger charge is -2.10. The molecule has 0 saturated carbocycles. The second kappa shape index (κ2) is 8.06. The lowest BCUT2D eigenvalue weighted by atomic mass is 10.3. The SMILES string of the molecule is Cc1nc(Cc2nnc(SCC(=O)NCC(=O)N(C)C)o2)cs1. The van der Waals surface area contributed by atoms with E-state index in [4.69, 9.17) is 4.42 Å². The second-order valence-electron chi connectivity index (χ2n) is 4.85. The number of thiazole rings is 1. The molecule has 124 valence electrons. The standard InChI is InChI=1S/C13H17N5O3S2/c1-8-15-9(6-22-8)4-11-16-17-13(21-11)23-7-10(19)14-5-12(20)18(2)3/h6H,4-5,7H2,1-3H3,(H,14,19). The number of amides is 2. The number of likely N-dealkylation sites (N-methyl/N-ethyl adjacent to an activating group) is 1. The summed E-state index contributed by atoms with van der Waals surface area (Å²) in [6.45, 7) is 1.91. The molecule has 1 N–H and O–H groups in total. The molecule has 8 nitrogen and oxygen atoms in total. The fourth-order valence-corrected chi connectivity index (χ4v) is 2.75. The number of rotatable bonds is 7. The van der Waals surface area contributed by atoms with Crippen LogP contribution in [0.3, 0.4) is 0 Å². The number of carbonyl (C=O) groups is 2. The molecule has 0 aliphatic rings. The zero-order chi connectivity index (χ0) is 16.8. The Bertz CT molecular complexity index is 683. The van der Waals surface area contributed by atoms with Crippen molar-refractivity contribution in [3.05, 3.63) is 22.0 Å². The highest BCUT2D eigenvalue weighted by atomic mass is 32.2. The maximum Gasteiger partial charge on any atom is 0.277 e. The minimum absolute atomic E-state index is 0.0232. The average Bonchev–Trinajstić information content (AvgIpc) is 3.12. The van der Waals surface area contributed by atoms with E-state index < -0.39 is 0 Å². The molecule has 0 radical (unpaired) electrons. The Kier molecular flexibility index (Phi) is 6.11. The van der Waals surface area contributed by atoms with Crippen molar-refractivity contribution in [1.82, 2.24) is 25.4 Å². The molecule has 0 unspecified atom stereocenters. The van der Waals surface area contributed by atoms with Gasteiger partial charge in [-0.3, -0.25) is 9.59 Å². The van der Waals surface area contributed by atoms with Crippen LogP contribution < -0.4 is 5.32 Å². The fourth-order valence-electron chi connectivity index (χ4n) is 1.52. The zero-order valence-corrected chi connectivity index (χ0v) is 14.7.